The highest BCUT2D eigenvalue weighted by Crippen LogP contribution is 2.29. The first kappa shape index (κ1) is 22.0. The van der Waals surface area contributed by atoms with Crippen molar-refractivity contribution in [3.63, 3.8) is 0 Å². The number of halogens is 1. The van der Waals surface area contributed by atoms with Crippen LogP contribution in [0, 0.1) is 26.6 Å². The Kier molecular flexibility index (Phi) is 6.55. The molecule has 4 aromatic rings. The molecule has 1 atom stereocenters. The summed E-state index contributed by atoms with van der Waals surface area (Å²) in [4.78, 5) is 12.9. The molecule has 0 amide bonds. The standard InChI is InChI=1S/C16H14FN3.C9H14N2O/c1-9-4-5-12(14(17)6-9)15-13-7-10(2)11(3)20-16(13)19-8-18-15;1-11-7-8(6-10-11)9-4-2-3-5-12-9/h4-8H,1-3H3;6-7,9H,2-5H2,1H3. The summed E-state index contributed by atoms with van der Waals surface area (Å²) in [7, 11) is 1.94. The Bertz CT molecular complexity index is 1230. The summed E-state index contributed by atoms with van der Waals surface area (Å²) in [5.74, 6) is -0.275. The number of rotatable bonds is 2. The van der Waals surface area contributed by atoms with E-state index in [-0.39, 0.29) is 5.82 Å². The average Bonchev–Trinajstić information content (AvgIpc) is 3.22. The molecular weight excluding hydrogens is 405 g/mol. The number of hydrogen-bond acceptors (Lipinski definition) is 5. The van der Waals surface area contributed by atoms with Gasteiger partial charge in [0.1, 0.15) is 12.1 Å². The van der Waals surface area contributed by atoms with Crippen LogP contribution in [0.3, 0.4) is 0 Å². The molecule has 1 saturated heterocycles. The molecule has 1 aromatic carbocycles. The summed E-state index contributed by atoms with van der Waals surface area (Å²) in [6, 6.07) is 7.10. The van der Waals surface area contributed by atoms with Gasteiger partial charge >= 0.3 is 0 Å². The molecule has 1 aliphatic heterocycles. The van der Waals surface area contributed by atoms with E-state index in [9.17, 15) is 4.39 Å². The molecule has 1 aliphatic rings. The van der Waals surface area contributed by atoms with Crippen LogP contribution in [0.2, 0.25) is 0 Å². The lowest BCUT2D eigenvalue weighted by atomic mass is 10.0. The Morgan fingerprint density at radius 3 is 2.62 bits per heavy atom. The maximum absolute atomic E-state index is 14.2. The summed E-state index contributed by atoms with van der Waals surface area (Å²) >= 11 is 0. The van der Waals surface area contributed by atoms with Crippen LogP contribution in [-0.4, -0.2) is 31.3 Å². The van der Waals surface area contributed by atoms with E-state index in [0.717, 1.165) is 35.2 Å². The highest BCUT2D eigenvalue weighted by molar-refractivity contribution is 5.90. The van der Waals surface area contributed by atoms with Gasteiger partial charge in [0, 0.05) is 42.1 Å². The Morgan fingerprint density at radius 2 is 1.94 bits per heavy atom. The third kappa shape index (κ3) is 4.83. The lowest BCUT2D eigenvalue weighted by Crippen LogP contribution is -2.10. The lowest BCUT2D eigenvalue weighted by molar-refractivity contribution is 0.0149. The first-order valence-electron chi connectivity index (χ1n) is 10.9. The van der Waals surface area contributed by atoms with Crippen molar-refractivity contribution >= 4 is 11.0 Å². The maximum atomic E-state index is 14.2. The molecule has 0 radical (unpaired) electrons. The van der Waals surface area contributed by atoms with E-state index in [4.69, 9.17) is 4.74 Å². The number of pyridine rings is 1. The second kappa shape index (κ2) is 9.53. The summed E-state index contributed by atoms with van der Waals surface area (Å²) in [5, 5.41) is 4.90. The Balaban J connectivity index is 0.000000174. The zero-order chi connectivity index (χ0) is 22.7. The van der Waals surface area contributed by atoms with Gasteiger partial charge < -0.3 is 4.74 Å². The number of aryl methyl sites for hydroxylation is 4. The van der Waals surface area contributed by atoms with Crippen molar-refractivity contribution in [2.75, 3.05) is 6.61 Å². The minimum absolute atomic E-state index is 0.275. The van der Waals surface area contributed by atoms with Crippen LogP contribution < -0.4 is 0 Å². The number of benzene rings is 1. The lowest BCUT2D eigenvalue weighted by Gasteiger charge is -2.21. The molecule has 1 unspecified atom stereocenters. The van der Waals surface area contributed by atoms with Gasteiger partial charge in [0.05, 0.1) is 18.0 Å². The molecule has 32 heavy (non-hydrogen) atoms. The maximum Gasteiger partial charge on any atom is 0.163 e. The van der Waals surface area contributed by atoms with Gasteiger partial charge in [-0.2, -0.15) is 5.10 Å². The smallest absolute Gasteiger partial charge is 0.163 e. The van der Waals surface area contributed by atoms with Gasteiger partial charge in [-0.15, -0.1) is 0 Å². The Labute approximate surface area is 187 Å². The topological polar surface area (TPSA) is 65.7 Å². The number of nitrogens with zero attached hydrogens (tertiary/aromatic N) is 5. The van der Waals surface area contributed by atoms with Crippen LogP contribution in [-0.2, 0) is 11.8 Å². The summed E-state index contributed by atoms with van der Waals surface area (Å²) in [6.45, 7) is 6.67. The second-order valence-electron chi connectivity index (χ2n) is 8.27. The molecule has 0 bridgehead atoms. The van der Waals surface area contributed by atoms with Crippen LogP contribution in [0.1, 0.15) is 47.8 Å². The van der Waals surface area contributed by atoms with E-state index >= 15 is 0 Å². The van der Waals surface area contributed by atoms with Gasteiger partial charge in [-0.05, 0) is 69.4 Å². The molecule has 7 heteroatoms. The zero-order valence-electron chi connectivity index (χ0n) is 19.0. The van der Waals surface area contributed by atoms with Crippen LogP contribution in [0.25, 0.3) is 22.3 Å². The van der Waals surface area contributed by atoms with Crippen molar-refractivity contribution in [3.05, 3.63) is 71.2 Å². The van der Waals surface area contributed by atoms with Gasteiger partial charge in [0.15, 0.2) is 5.65 Å². The highest BCUT2D eigenvalue weighted by atomic mass is 19.1. The molecule has 5 rings (SSSR count). The fraction of sp³-hybridized carbons (Fsp3) is 0.360. The number of ether oxygens (including phenoxy) is 1. The molecule has 0 aliphatic carbocycles. The largest absolute Gasteiger partial charge is 0.373 e. The minimum Gasteiger partial charge on any atom is -0.373 e. The van der Waals surface area contributed by atoms with Gasteiger partial charge in [-0.3, -0.25) is 4.68 Å². The van der Waals surface area contributed by atoms with Crippen LogP contribution >= 0.6 is 0 Å². The van der Waals surface area contributed by atoms with Crippen LogP contribution in [0.4, 0.5) is 4.39 Å². The van der Waals surface area contributed by atoms with Crippen LogP contribution in [0.15, 0.2) is 43.0 Å². The monoisotopic (exact) mass is 433 g/mol. The fourth-order valence-electron chi connectivity index (χ4n) is 3.81. The minimum atomic E-state index is -0.275. The number of fused-ring (bicyclic) bond motifs is 1. The molecule has 6 nitrogen and oxygen atoms in total. The van der Waals surface area contributed by atoms with Crippen molar-refractivity contribution in [3.8, 4) is 11.3 Å². The van der Waals surface area contributed by atoms with Crippen molar-refractivity contribution in [2.24, 2.45) is 7.05 Å². The van der Waals surface area contributed by atoms with E-state index in [1.165, 1.54) is 30.8 Å². The normalized spacial score (nSPS) is 16.0. The van der Waals surface area contributed by atoms with Gasteiger partial charge in [-0.25, -0.2) is 19.3 Å². The Hall–Kier alpha value is -3.19. The second-order valence-corrected chi connectivity index (χ2v) is 8.27. The molecular formula is C25H28FN5O. The molecule has 3 aromatic heterocycles. The third-order valence-corrected chi connectivity index (χ3v) is 5.72. The molecule has 4 heterocycles. The molecule has 0 saturated carbocycles. The third-order valence-electron chi connectivity index (χ3n) is 5.72. The van der Waals surface area contributed by atoms with E-state index in [2.05, 4.69) is 20.1 Å². The van der Waals surface area contributed by atoms with Crippen molar-refractivity contribution in [1.82, 2.24) is 24.7 Å². The zero-order valence-corrected chi connectivity index (χ0v) is 19.0. The summed E-state index contributed by atoms with van der Waals surface area (Å²) < 4.78 is 21.6. The molecule has 166 valence electrons. The first-order chi connectivity index (χ1) is 15.4. The van der Waals surface area contributed by atoms with E-state index in [1.807, 2.05) is 57.0 Å². The van der Waals surface area contributed by atoms with E-state index in [0.29, 0.717) is 23.0 Å². The average molecular weight is 434 g/mol. The number of aromatic nitrogens is 5. The van der Waals surface area contributed by atoms with Gasteiger partial charge in [0.25, 0.3) is 0 Å². The number of hydrogen-bond donors (Lipinski definition) is 0. The van der Waals surface area contributed by atoms with E-state index in [1.54, 1.807) is 6.07 Å². The summed E-state index contributed by atoms with van der Waals surface area (Å²) in [6.07, 6.45) is 9.29. The highest BCUT2D eigenvalue weighted by Gasteiger charge is 2.17. The first-order valence-corrected chi connectivity index (χ1v) is 10.9. The van der Waals surface area contributed by atoms with E-state index < -0.39 is 0 Å². The Morgan fingerprint density at radius 1 is 1.09 bits per heavy atom. The molecule has 1 fully saturated rings. The summed E-state index contributed by atoms with van der Waals surface area (Å²) in [5.41, 5.74) is 5.73. The van der Waals surface area contributed by atoms with Crippen LogP contribution in [0.5, 0.6) is 0 Å². The SMILES string of the molecule is Cc1ccc(-c2ncnc3nc(C)c(C)cc23)c(F)c1.Cn1cc(C2CCCCO2)cn1. The predicted molar refractivity (Wildman–Crippen MR) is 123 cm³/mol. The molecule has 0 N–H and O–H groups in total. The van der Waals surface area contributed by atoms with Crippen molar-refractivity contribution in [1.29, 1.82) is 0 Å². The van der Waals surface area contributed by atoms with Gasteiger partial charge in [0.2, 0.25) is 0 Å². The van der Waals surface area contributed by atoms with Gasteiger partial charge in [-0.1, -0.05) is 6.07 Å². The quantitative estimate of drug-likeness (QED) is 0.422. The van der Waals surface area contributed by atoms with Crippen molar-refractivity contribution in [2.45, 2.75) is 46.1 Å². The molecule has 0 spiro atoms. The van der Waals surface area contributed by atoms with Crippen molar-refractivity contribution < 1.29 is 9.13 Å². The fourth-order valence-corrected chi connectivity index (χ4v) is 3.81. The predicted octanol–water partition coefficient (Wildman–Crippen LogP) is 5.42.